The summed E-state index contributed by atoms with van der Waals surface area (Å²) in [5, 5.41) is 15.2. The van der Waals surface area contributed by atoms with Crippen LogP contribution in [0.3, 0.4) is 0 Å². The van der Waals surface area contributed by atoms with Crippen LogP contribution in [0, 0.1) is 10.8 Å². The summed E-state index contributed by atoms with van der Waals surface area (Å²) in [5.74, 6) is -0.961. The van der Waals surface area contributed by atoms with Crippen molar-refractivity contribution in [2.75, 3.05) is 13.1 Å². The largest absolute Gasteiger partial charge is 0.481 e. The predicted octanol–water partition coefficient (Wildman–Crippen LogP) is 1.38. The fraction of sp³-hybridized carbons (Fsp3) is 0.857. The van der Waals surface area contributed by atoms with Crippen molar-refractivity contribution in [2.45, 2.75) is 53.0 Å². The van der Waals surface area contributed by atoms with E-state index < -0.39 is 11.4 Å². The molecule has 2 unspecified atom stereocenters. The third-order valence-corrected chi connectivity index (χ3v) is 4.34. The van der Waals surface area contributed by atoms with Crippen LogP contribution in [0.15, 0.2) is 0 Å². The third kappa shape index (κ3) is 3.69. The lowest BCUT2D eigenvalue weighted by Crippen LogP contribution is -2.57. The van der Waals surface area contributed by atoms with Gasteiger partial charge in [-0.25, -0.2) is 0 Å². The van der Waals surface area contributed by atoms with E-state index in [-0.39, 0.29) is 23.9 Å². The minimum Gasteiger partial charge on any atom is -0.481 e. The maximum absolute atomic E-state index is 12.2. The number of hydrogen-bond donors (Lipinski definition) is 3. The molecule has 0 aliphatic carbocycles. The van der Waals surface area contributed by atoms with Gasteiger partial charge in [-0.3, -0.25) is 9.59 Å². The summed E-state index contributed by atoms with van der Waals surface area (Å²) in [6, 6.07) is -0.240. The zero-order valence-electron chi connectivity index (χ0n) is 12.4. The SMILES string of the molecule is CCC(C)(CNC(=O)C1NCCCC1(C)C)C(=O)O. The van der Waals surface area contributed by atoms with Crippen LogP contribution in [-0.4, -0.2) is 36.1 Å². The van der Waals surface area contributed by atoms with E-state index in [4.69, 9.17) is 0 Å². The number of carbonyl (C=O) groups is 2. The fourth-order valence-electron chi connectivity index (χ4n) is 2.39. The molecular formula is C14H26N2O3. The third-order valence-electron chi connectivity index (χ3n) is 4.34. The van der Waals surface area contributed by atoms with Crippen molar-refractivity contribution in [3.05, 3.63) is 0 Å². The van der Waals surface area contributed by atoms with E-state index in [9.17, 15) is 14.7 Å². The highest BCUT2D eigenvalue weighted by Gasteiger charge is 2.38. The zero-order chi connectivity index (χ0) is 14.7. The van der Waals surface area contributed by atoms with Gasteiger partial charge in [-0.1, -0.05) is 20.8 Å². The van der Waals surface area contributed by atoms with Crippen LogP contribution in [-0.2, 0) is 9.59 Å². The summed E-state index contributed by atoms with van der Waals surface area (Å²) in [7, 11) is 0. The summed E-state index contributed by atoms with van der Waals surface area (Å²) in [4.78, 5) is 23.4. The summed E-state index contributed by atoms with van der Waals surface area (Å²) in [5.41, 5.74) is -0.983. The van der Waals surface area contributed by atoms with Gasteiger partial charge in [0.15, 0.2) is 0 Å². The van der Waals surface area contributed by atoms with Gasteiger partial charge >= 0.3 is 5.97 Å². The molecular weight excluding hydrogens is 244 g/mol. The van der Waals surface area contributed by atoms with Crippen molar-refractivity contribution in [1.82, 2.24) is 10.6 Å². The van der Waals surface area contributed by atoms with E-state index in [1.807, 2.05) is 6.92 Å². The van der Waals surface area contributed by atoms with Crippen molar-refractivity contribution in [2.24, 2.45) is 10.8 Å². The number of carboxylic acid groups (broad SMARTS) is 1. The predicted molar refractivity (Wildman–Crippen MR) is 73.8 cm³/mol. The number of amides is 1. The van der Waals surface area contributed by atoms with E-state index in [0.717, 1.165) is 19.4 Å². The highest BCUT2D eigenvalue weighted by molar-refractivity contribution is 5.83. The van der Waals surface area contributed by atoms with Crippen LogP contribution in [0.2, 0.25) is 0 Å². The molecule has 1 aliphatic heterocycles. The first-order valence-electron chi connectivity index (χ1n) is 6.97. The first-order valence-corrected chi connectivity index (χ1v) is 6.97. The molecule has 19 heavy (non-hydrogen) atoms. The first-order chi connectivity index (χ1) is 8.73. The topological polar surface area (TPSA) is 78.4 Å². The Morgan fingerprint density at radius 1 is 1.47 bits per heavy atom. The normalized spacial score (nSPS) is 25.4. The number of carbonyl (C=O) groups excluding carboxylic acids is 1. The van der Waals surface area contributed by atoms with Crippen LogP contribution < -0.4 is 10.6 Å². The van der Waals surface area contributed by atoms with Gasteiger partial charge in [-0.2, -0.15) is 0 Å². The van der Waals surface area contributed by atoms with Gasteiger partial charge in [-0.15, -0.1) is 0 Å². The Balaban J connectivity index is 2.62. The van der Waals surface area contributed by atoms with Gasteiger partial charge in [0.2, 0.25) is 5.91 Å². The highest BCUT2D eigenvalue weighted by Crippen LogP contribution is 2.30. The zero-order valence-corrected chi connectivity index (χ0v) is 12.4. The standard InChI is InChI=1S/C14H26N2O3/c1-5-14(4,12(18)19)9-16-11(17)10-13(2,3)7-6-8-15-10/h10,15H,5-9H2,1-4H3,(H,16,17)(H,18,19). The molecule has 2 atom stereocenters. The van der Waals surface area contributed by atoms with E-state index >= 15 is 0 Å². The Morgan fingerprint density at radius 2 is 2.11 bits per heavy atom. The van der Waals surface area contributed by atoms with Crippen molar-refractivity contribution < 1.29 is 14.7 Å². The quantitative estimate of drug-likeness (QED) is 0.705. The summed E-state index contributed by atoms with van der Waals surface area (Å²) in [6.07, 6.45) is 2.56. The van der Waals surface area contributed by atoms with Gasteiger partial charge in [0.1, 0.15) is 0 Å². The van der Waals surface area contributed by atoms with E-state index in [1.165, 1.54) is 0 Å². The number of aliphatic carboxylic acids is 1. The van der Waals surface area contributed by atoms with Gasteiger partial charge in [-0.05, 0) is 38.1 Å². The Labute approximate surface area is 115 Å². The van der Waals surface area contributed by atoms with E-state index in [1.54, 1.807) is 6.92 Å². The van der Waals surface area contributed by atoms with Crippen LogP contribution in [0.5, 0.6) is 0 Å². The molecule has 1 saturated heterocycles. The van der Waals surface area contributed by atoms with Crippen molar-refractivity contribution in [1.29, 1.82) is 0 Å². The lowest BCUT2D eigenvalue weighted by atomic mass is 9.77. The average Bonchev–Trinajstić information content (AvgIpc) is 2.34. The summed E-state index contributed by atoms with van der Waals surface area (Å²) in [6.45, 7) is 8.63. The number of hydrogen-bond acceptors (Lipinski definition) is 3. The molecule has 0 aromatic carbocycles. The van der Waals surface area contributed by atoms with E-state index in [0.29, 0.717) is 6.42 Å². The smallest absolute Gasteiger partial charge is 0.311 e. The second kappa shape index (κ2) is 5.90. The molecule has 0 radical (unpaired) electrons. The second-order valence-electron chi connectivity index (χ2n) is 6.42. The molecule has 1 heterocycles. The minimum absolute atomic E-state index is 0.0891. The first kappa shape index (κ1) is 16.0. The van der Waals surface area contributed by atoms with Crippen LogP contribution >= 0.6 is 0 Å². The molecule has 3 N–H and O–H groups in total. The van der Waals surface area contributed by atoms with Crippen LogP contribution in [0.4, 0.5) is 0 Å². The maximum Gasteiger partial charge on any atom is 0.311 e. The molecule has 0 bridgehead atoms. The maximum atomic E-state index is 12.2. The number of nitrogens with one attached hydrogen (secondary N) is 2. The number of rotatable bonds is 5. The van der Waals surface area contributed by atoms with Crippen LogP contribution in [0.25, 0.3) is 0 Å². The highest BCUT2D eigenvalue weighted by atomic mass is 16.4. The van der Waals surface area contributed by atoms with Gasteiger partial charge in [0.25, 0.3) is 0 Å². The Morgan fingerprint density at radius 3 is 2.58 bits per heavy atom. The van der Waals surface area contributed by atoms with Crippen molar-refractivity contribution in [3.8, 4) is 0 Å². The molecule has 1 fully saturated rings. The number of carboxylic acids is 1. The lowest BCUT2D eigenvalue weighted by molar-refractivity contribution is -0.148. The molecule has 0 saturated carbocycles. The van der Waals surface area contributed by atoms with Crippen molar-refractivity contribution in [3.63, 3.8) is 0 Å². The molecule has 5 heteroatoms. The van der Waals surface area contributed by atoms with Gasteiger partial charge < -0.3 is 15.7 Å². The molecule has 1 aliphatic rings. The molecule has 0 aromatic heterocycles. The lowest BCUT2D eigenvalue weighted by Gasteiger charge is -2.38. The Bertz CT molecular complexity index is 355. The van der Waals surface area contributed by atoms with Gasteiger partial charge in [0.05, 0.1) is 11.5 Å². The van der Waals surface area contributed by atoms with Crippen molar-refractivity contribution >= 4 is 11.9 Å². The molecule has 5 nitrogen and oxygen atoms in total. The fourth-order valence-corrected chi connectivity index (χ4v) is 2.39. The minimum atomic E-state index is -0.894. The summed E-state index contributed by atoms with van der Waals surface area (Å²) >= 11 is 0. The molecule has 1 amide bonds. The molecule has 0 spiro atoms. The second-order valence-corrected chi connectivity index (χ2v) is 6.42. The molecule has 1 rings (SSSR count). The summed E-state index contributed by atoms with van der Waals surface area (Å²) < 4.78 is 0. The monoisotopic (exact) mass is 270 g/mol. The average molecular weight is 270 g/mol. The molecule has 0 aromatic rings. The van der Waals surface area contributed by atoms with Gasteiger partial charge in [0, 0.05) is 6.54 Å². The number of piperidine rings is 1. The Kier molecular flexibility index (Phi) is 4.96. The van der Waals surface area contributed by atoms with Crippen LogP contribution in [0.1, 0.15) is 47.0 Å². The molecule has 110 valence electrons. The van der Waals surface area contributed by atoms with E-state index in [2.05, 4.69) is 24.5 Å². The Hall–Kier alpha value is -1.10.